The molecule has 0 aromatic heterocycles. The van der Waals surface area contributed by atoms with E-state index in [0.717, 1.165) is 39.2 Å². The summed E-state index contributed by atoms with van der Waals surface area (Å²) in [6.07, 6.45) is 0.903. The molecule has 1 aromatic rings. The van der Waals surface area contributed by atoms with Crippen molar-refractivity contribution in [1.82, 2.24) is 9.80 Å². The fourth-order valence-corrected chi connectivity index (χ4v) is 5.27. The van der Waals surface area contributed by atoms with Crippen LogP contribution in [0.1, 0.15) is 12.0 Å². The lowest BCUT2D eigenvalue weighted by Crippen LogP contribution is -2.48. The predicted molar refractivity (Wildman–Crippen MR) is 91.1 cm³/mol. The molecule has 2 heterocycles. The standard InChI is InChI=1S/C17H26N2O3S/c1-18(16-7-10-23(20,21)14-16)12-17-13-19(8-9-22-17)11-15-5-3-2-4-6-15/h2-6,16-17H,7-14H2,1H3. The van der Waals surface area contributed by atoms with Crippen molar-refractivity contribution in [3.63, 3.8) is 0 Å². The van der Waals surface area contributed by atoms with Crippen molar-refractivity contribution in [3.05, 3.63) is 35.9 Å². The second-order valence-corrected chi connectivity index (χ2v) is 8.94. The average molecular weight is 338 g/mol. The van der Waals surface area contributed by atoms with Gasteiger partial charge in [0.05, 0.1) is 24.2 Å². The Bertz CT molecular complexity index is 606. The number of nitrogens with zero attached hydrogens (tertiary/aromatic N) is 2. The van der Waals surface area contributed by atoms with Crippen molar-refractivity contribution in [2.45, 2.75) is 25.1 Å². The highest BCUT2D eigenvalue weighted by Crippen LogP contribution is 2.18. The summed E-state index contributed by atoms with van der Waals surface area (Å²) in [5.74, 6) is 0.623. The van der Waals surface area contributed by atoms with Gasteiger partial charge in [-0.1, -0.05) is 30.3 Å². The molecule has 2 saturated heterocycles. The van der Waals surface area contributed by atoms with E-state index in [4.69, 9.17) is 4.74 Å². The van der Waals surface area contributed by atoms with Gasteiger partial charge in [0.15, 0.2) is 9.84 Å². The van der Waals surface area contributed by atoms with Crippen LogP contribution in [0, 0.1) is 0 Å². The van der Waals surface area contributed by atoms with Gasteiger partial charge in [-0.25, -0.2) is 8.42 Å². The van der Waals surface area contributed by atoms with E-state index in [9.17, 15) is 8.42 Å². The molecular weight excluding hydrogens is 312 g/mol. The first-order valence-corrected chi connectivity index (χ1v) is 10.1. The number of morpholine rings is 1. The van der Waals surface area contributed by atoms with Crippen LogP contribution >= 0.6 is 0 Å². The van der Waals surface area contributed by atoms with Crippen LogP contribution < -0.4 is 0 Å². The van der Waals surface area contributed by atoms with Crippen LogP contribution in [0.15, 0.2) is 30.3 Å². The van der Waals surface area contributed by atoms with Crippen LogP contribution in [0.5, 0.6) is 0 Å². The van der Waals surface area contributed by atoms with Crippen LogP contribution in [0.4, 0.5) is 0 Å². The summed E-state index contributed by atoms with van der Waals surface area (Å²) < 4.78 is 29.1. The Morgan fingerprint density at radius 2 is 2.09 bits per heavy atom. The van der Waals surface area contributed by atoms with E-state index in [1.54, 1.807) is 0 Å². The molecule has 0 spiro atoms. The molecule has 2 fully saturated rings. The molecule has 2 atom stereocenters. The second kappa shape index (κ2) is 7.30. The van der Waals surface area contributed by atoms with Crippen molar-refractivity contribution >= 4 is 9.84 Å². The summed E-state index contributed by atoms with van der Waals surface area (Å²) >= 11 is 0. The number of benzene rings is 1. The van der Waals surface area contributed by atoms with Gasteiger partial charge in [-0.05, 0) is 19.0 Å². The van der Waals surface area contributed by atoms with Crippen molar-refractivity contribution < 1.29 is 13.2 Å². The molecule has 6 heteroatoms. The minimum absolute atomic E-state index is 0.146. The lowest BCUT2D eigenvalue weighted by molar-refractivity contribution is -0.0464. The lowest BCUT2D eigenvalue weighted by Gasteiger charge is -2.36. The highest BCUT2D eigenvalue weighted by Gasteiger charge is 2.32. The summed E-state index contributed by atoms with van der Waals surface area (Å²) in [5.41, 5.74) is 1.32. The van der Waals surface area contributed by atoms with Crippen LogP contribution in [-0.4, -0.2) is 75.2 Å². The fourth-order valence-electron chi connectivity index (χ4n) is 3.47. The molecule has 0 radical (unpaired) electrons. The minimum Gasteiger partial charge on any atom is -0.374 e. The van der Waals surface area contributed by atoms with Gasteiger partial charge in [0.2, 0.25) is 0 Å². The summed E-state index contributed by atoms with van der Waals surface area (Å²) in [6, 6.07) is 10.6. The zero-order valence-electron chi connectivity index (χ0n) is 13.7. The molecule has 128 valence electrons. The molecule has 0 bridgehead atoms. The van der Waals surface area contributed by atoms with E-state index < -0.39 is 9.84 Å². The highest BCUT2D eigenvalue weighted by atomic mass is 32.2. The molecule has 2 unspecified atom stereocenters. The Hall–Kier alpha value is -0.950. The number of hydrogen-bond donors (Lipinski definition) is 0. The Balaban J connectivity index is 1.50. The smallest absolute Gasteiger partial charge is 0.151 e. The van der Waals surface area contributed by atoms with Crippen LogP contribution in [0.25, 0.3) is 0 Å². The fraction of sp³-hybridized carbons (Fsp3) is 0.647. The molecule has 1 aromatic carbocycles. The normalized spacial score (nSPS) is 28.3. The number of sulfone groups is 1. The lowest BCUT2D eigenvalue weighted by atomic mass is 10.1. The maximum absolute atomic E-state index is 11.6. The molecule has 0 aliphatic carbocycles. The van der Waals surface area contributed by atoms with Crippen molar-refractivity contribution in [2.75, 3.05) is 44.8 Å². The summed E-state index contributed by atoms with van der Waals surface area (Å²) in [7, 11) is -0.807. The summed E-state index contributed by atoms with van der Waals surface area (Å²) in [4.78, 5) is 4.59. The zero-order valence-corrected chi connectivity index (χ0v) is 14.5. The quantitative estimate of drug-likeness (QED) is 0.802. The van der Waals surface area contributed by atoms with E-state index in [2.05, 4.69) is 34.1 Å². The SMILES string of the molecule is CN(CC1CN(Cc2ccccc2)CCO1)C1CCS(=O)(=O)C1. The zero-order chi connectivity index (χ0) is 16.3. The summed E-state index contributed by atoms with van der Waals surface area (Å²) in [6.45, 7) is 4.34. The van der Waals surface area contributed by atoms with Crippen molar-refractivity contribution in [1.29, 1.82) is 0 Å². The molecule has 0 N–H and O–H groups in total. The Labute approximate surface area is 139 Å². The van der Waals surface area contributed by atoms with Crippen LogP contribution in [-0.2, 0) is 21.1 Å². The molecule has 23 heavy (non-hydrogen) atoms. The van der Waals surface area contributed by atoms with Gasteiger partial charge in [-0.15, -0.1) is 0 Å². The largest absolute Gasteiger partial charge is 0.374 e. The topological polar surface area (TPSA) is 49.9 Å². The third-order valence-corrected chi connectivity index (χ3v) is 6.55. The third-order valence-electron chi connectivity index (χ3n) is 4.80. The number of likely N-dealkylation sites (N-methyl/N-ethyl adjacent to an activating group) is 1. The second-order valence-electron chi connectivity index (χ2n) is 6.71. The van der Waals surface area contributed by atoms with E-state index in [1.165, 1.54) is 5.56 Å². The minimum atomic E-state index is -2.83. The van der Waals surface area contributed by atoms with Gasteiger partial charge < -0.3 is 4.74 Å². The van der Waals surface area contributed by atoms with E-state index in [-0.39, 0.29) is 12.1 Å². The van der Waals surface area contributed by atoms with Crippen LogP contribution in [0.2, 0.25) is 0 Å². The van der Waals surface area contributed by atoms with Gasteiger partial charge in [-0.2, -0.15) is 0 Å². The molecular formula is C17H26N2O3S. The molecule has 2 aliphatic heterocycles. The van der Waals surface area contributed by atoms with E-state index >= 15 is 0 Å². The number of hydrogen-bond acceptors (Lipinski definition) is 5. The monoisotopic (exact) mass is 338 g/mol. The first kappa shape index (κ1) is 16.9. The Morgan fingerprint density at radius 3 is 2.78 bits per heavy atom. The van der Waals surface area contributed by atoms with E-state index in [0.29, 0.717) is 11.5 Å². The number of rotatable bonds is 5. The maximum atomic E-state index is 11.6. The molecule has 5 nitrogen and oxygen atoms in total. The first-order valence-electron chi connectivity index (χ1n) is 8.30. The summed E-state index contributed by atoms with van der Waals surface area (Å²) in [5, 5.41) is 0. The van der Waals surface area contributed by atoms with Gasteiger partial charge in [-0.3, -0.25) is 9.80 Å². The van der Waals surface area contributed by atoms with Crippen molar-refractivity contribution in [3.8, 4) is 0 Å². The molecule has 3 rings (SSSR count). The van der Waals surface area contributed by atoms with Gasteiger partial charge in [0.25, 0.3) is 0 Å². The van der Waals surface area contributed by atoms with Crippen LogP contribution in [0.3, 0.4) is 0 Å². The maximum Gasteiger partial charge on any atom is 0.151 e. The average Bonchev–Trinajstić information content (AvgIpc) is 2.89. The molecule has 0 amide bonds. The van der Waals surface area contributed by atoms with E-state index in [1.807, 2.05) is 13.1 Å². The van der Waals surface area contributed by atoms with Gasteiger partial charge in [0.1, 0.15) is 0 Å². The number of ether oxygens (including phenoxy) is 1. The van der Waals surface area contributed by atoms with Gasteiger partial charge in [0, 0.05) is 32.2 Å². The van der Waals surface area contributed by atoms with Crippen molar-refractivity contribution in [2.24, 2.45) is 0 Å². The van der Waals surface area contributed by atoms with Gasteiger partial charge >= 0.3 is 0 Å². The Kier molecular flexibility index (Phi) is 5.36. The predicted octanol–water partition coefficient (Wildman–Crippen LogP) is 1.01. The molecule has 2 aliphatic rings. The molecule has 0 saturated carbocycles. The Morgan fingerprint density at radius 1 is 1.30 bits per heavy atom. The third kappa shape index (κ3) is 4.76. The highest BCUT2D eigenvalue weighted by molar-refractivity contribution is 7.91. The first-order chi connectivity index (χ1) is 11.0.